The Bertz CT molecular complexity index is 695. The monoisotopic (exact) mass is 328 g/mol. The molecule has 0 bridgehead atoms. The van der Waals surface area contributed by atoms with E-state index in [1.807, 2.05) is 12.1 Å². The minimum atomic E-state index is -0.844. The van der Waals surface area contributed by atoms with Gasteiger partial charge in [-0.25, -0.2) is 4.79 Å². The Morgan fingerprint density at radius 3 is 1.78 bits per heavy atom. The number of hydrogen-bond donors (Lipinski definition) is 0. The second kappa shape index (κ2) is 7.01. The van der Waals surface area contributed by atoms with Crippen molar-refractivity contribution in [2.75, 3.05) is 7.11 Å². The maximum atomic E-state index is 11.7. The van der Waals surface area contributed by atoms with E-state index >= 15 is 0 Å². The molecule has 0 saturated carbocycles. The van der Waals surface area contributed by atoms with Crippen molar-refractivity contribution in [3.63, 3.8) is 0 Å². The van der Waals surface area contributed by atoms with Crippen LogP contribution in [0.4, 0.5) is 0 Å². The van der Waals surface area contributed by atoms with Gasteiger partial charge in [-0.15, -0.1) is 0 Å². The van der Waals surface area contributed by atoms with Crippen LogP contribution in [0.2, 0.25) is 0 Å². The highest BCUT2D eigenvalue weighted by atomic mass is 32.2. The van der Waals surface area contributed by atoms with Crippen LogP contribution >= 0.6 is 11.8 Å². The molecule has 0 atom stereocenters. The van der Waals surface area contributed by atoms with Crippen molar-refractivity contribution >= 4 is 23.5 Å². The molecule has 0 aliphatic heterocycles. The summed E-state index contributed by atoms with van der Waals surface area (Å²) in [6.45, 7) is 6.56. The SMILES string of the molecule is COC(=O)C(=O)c1ccc(Sc2ccc(C(C)(C)C)cc2)cc1. The second-order valence-corrected chi connectivity index (χ2v) is 7.37. The number of carbonyl (C=O) groups is 2. The minimum Gasteiger partial charge on any atom is -0.463 e. The lowest BCUT2D eigenvalue weighted by atomic mass is 9.87. The number of methoxy groups -OCH3 is 1. The van der Waals surface area contributed by atoms with E-state index in [9.17, 15) is 9.59 Å². The van der Waals surface area contributed by atoms with Crippen molar-refractivity contribution in [2.45, 2.75) is 36.0 Å². The molecule has 0 aromatic heterocycles. The Morgan fingerprint density at radius 1 is 0.870 bits per heavy atom. The summed E-state index contributed by atoms with van der Waals surface area (Å²) >= 11 is 1.61. The molecule has 2 aromatic carbocycles. The number of esters is 1. The smallest absolute Gasteiger partial charge is 0.379 e. The van der Waals surface area contributed by atoms with Gasteiger partial charge >= 0.3 is 5.97 Å². The van der Waals surface area contributed by atoms with Gasteiger partial charge in [-0.1, -0.05) is 44.7 Å². The first-order valence-corrected chi connectivity index (χ1v) is 8.14. The molecule has 0 saturated heterocycles. The molecule has 0 fully saturated rings. The van der Waals surface area contributed by atoms with Gasteiger partial charge in [0.05, 0.1) is 7.11 Å². The molecular formula is C19H20O3S. The Hall–Kier alpha value is -2.07. The summed E-state index contributed by atoms with van der Waals surface area (Å²) in [7, 11) is 1.20. The summed E-state index contributed by atoms with van der Waals surface area (Å²) in [6, 6.07) is 15.4. The standard InChI is InChI=1S/C19H20O3S/c1-19(2,3)14-7-11-16(12-8-14)23-15-9-5-13(6-10-15)17(20)18(21)22-4/h5-12H,1-4H3. The van der Waals surface area contributed by atoms with Crippen LogP contribution in [0.5, 0.6) is 0 Å². The molecule has 0 radical (unpaired) electrons. The van der Waals surface area contributed by atoms with Gasteiger partial charge in [-0.2, -0.15) is 0 Å². The number of benzene rings is 2. The topological polar surface area (TPSA) is 43.4 Å². The van der Waals surface area contributed by atoms with Crippen LogP contribution in [0.15, 0.2) is 58.3 Å². The molecule has 0 spiro atoms. The zero-order valence-corrected chi connectivity index (χ0v) is 14.6. The number of hydrogen-bond acceptors (Lipinski definition) is 4. The van der Waals surface area contributed by atoms with Gasteiger partial charge in [0.2, 0.25) is 0 Å². The van der Waals surface area contributed by atoms with E-state index in [1.54, 1.807) is 23.9 Å². The molecule has 0 unspecified atom stereocenters. The molecule has 0 N–H and O–H groups in total. The van der Waals surface area contributed by atoms with Crippen molar-refractivity contribution in [2.24, 2.45) is 0 Å². The van der Waals surface area contributed by atoms with Crippen molar-refractivity contribution in [1.82, 2.24) is 0 Å². The van der Waals surface area contributed by atoms with Gasteiger partial charge in [0.15, 0.2) is 0 Å². The molecule has 0 heterocycles. The molecule has 120 valence electrons. The number of Topliss-reactive ketones (excluding diaryl/α,β-unsaturated/α-hetero) is 1. The van der Waals surface area contributed by atoms with E-state index in [0.717, 1.165) is 9.79 Å². The van der Waals surface area contributed by atoms with Crippen LogP contribution in [0.3, 0.4) is 0 Å². The lowest BCUT2D eigenvalue weighted by molar-refractivity contribution is -0.135. The zero-order chi connectivity index (χ0) is 17.0. The van der Waals surface area contributed by atoms with E-state index in [1.165, 1.54) is 12.7 Å². The van der Waals surface area contributed by atoms with Crippen LogP contribution in [0.25, 0.3) is 0 Å². The Kier molecular flexibility index (Phi) is 5.26. The summed E-state index contributed by atoms with van der Waals surface area (Å²) < 4.78 is 4.44. The molecule has 0 aliphatic rings. The molecule has 0 amide bonds. The molecule has 2 rings (SSSR count). The normalized spacial score (nSPS) is 11.1. The zero-order valence-electron chi connectivity index (χ0n) is 13.8. The van der Waals surface area contributed by atoms with Crippen LogP contribution < -0.4 is 0 Å². The first-order valence-electron chi connectivity index (χ1n) is 7.32. The van der Waals surface area contributed by atoms with E-state index in [2.05, 4.69) is 49.8 Å². The van der Waals surface area contributed by atoms with Gasteiger partial charge < -0.3 is 4.74 Å². The third kappa shape index (κ3) is 4.45. The predicted molar refractivity (Wildman–Crippen MR) is 92.1 cm³/mol. The summed E-state index contributed by atoms with van der Waals surface area (Å²) in [4.78, 5) is 25.1. The first kappa shape index (κ1) is 17.3. The maximum Gasteiger partial charge on any atom is 0.379 e. The Balaban J connectivity index is 2.09. The van der Waals surface area contributed by atoms with E-state index in [4.69, 9.17) is 0 Å². The lowest BCUT2D eigenvalue weighted by Gasteiger charge is -2.19. The molecule has 2 aromatic rings. The Labute approximate surface area is 141 Å². The quantitative estimate of drug-likeness (QED) is 0.471. The largest absolute Gasteiger partial charge is 0.463 e. The van der Waals surface area contributed by atoms with Gasteiger partial charge in [-0.05, 0) is 47.4 Å². The first-order chi connectivity index (χ1) is 10.8. The molecule has 23 heavy (non-hydrogen) atoms. The van der Waals surface area contributed by atoms with Crippen molar-refractivity contribution < 1.29 is 14.3 Å². The third-order valence-corrected chi connectivity index (χ3v) is 4.46. The van der Waals surface area contributed by atoms with Crippen LogP contribution in [-0.4, -0.2) is 18.9 Å². The average molecular weight is 328 g/mol. The van der Waals surface area contributed by atoms with Gasteiger partial charge in [0.1, 0.15) is 0 Å². The van der Waals surface area contributed by atoms with Gasteiger partial charge in [-0.3, -0.25) is 4.79 Å². The average Bonchev–Trinajstić information content (AvgIpc) is 2.54. The van der Waals surface area contributed by atoms with Gasteiger partial charge in [0, 0.05) is 15.4 Å². The van der Waals surface area contributed by atoms with Crippen LogP contribution in [-0.2, 0) is 14.9 Å². The summed E-state index contributed by atoms with van der Waals surface area (Å²) in [6.07, 6.45) is 0. The highest BCUT2D eigenvalue weighted by molar-refractivity contribution is 7.99. The fourth-order valence-corrected chi connectivity index (χ4v) is 2.86. The number of ketones is 1. The van der Waals surface area contributed by atoms with Crippen molar-refractivity contribution in [1.29, 1.82) is 0 Å². The van der Waals surface area contributed by atoms with Crippen molar-refractivity contribution in [3.05, 3.63) is 59.7 Å². The maximum absolute atomic E-state index is 11.7. The molecule has 0 aliphatic carbocycles. The van der Waals surface area contributed by atoms with Crippen molar-refractivity contribution in [3.8, 4) is 0 Å². The van der Waals surface area contributed by atoms with E-state index in [-0.39, 0.29) is 5.41 Å². The summed E-state index contributed by atoms with van der Waals surface area (Å²) in [5.41, 5.74) is 1.77. The fourth-order valence-electron chi connectivity index (χ4n) is 2.04. The Morgan fingerprint density at radius 2 is 1.35 bits per heavy atom. The minimum absolute atomic E-state index is 0.138. The molecule has 3 nitrogen and oxygen atoms in total. The molecule has 4 heteroatoms. The summed E-state index contributed by atoms with van der Waals surface area (Å²) in [5.74, 6) is -1.47. The number of ether oxygens (including phenoxy) is 1. The second-order valence-electron chi connectivity index (χ2n) is 6.22. The highest BCUT2D eigenvalue weighted by Gasteiger charge is 2.16. The lowest BCUT2D eigenvalue weighted by Crippen LogP contribution is -2.15. The van der Waals surface area contributed by atoms with Gasteiger partial charge in [0.25, 0.3) is 5.78 Å². The number of rotatable bonds is 4. The molecular weight excluding hydrogens is 308 g/mol. The van der Waals surface area contributed by atoms with E-state index < -0.39 is 11.8 Å². The van der Waals surface area contributed by atoms with E-state index in [0.29, 0.717) is 5.56 Å². The van der Waals surface area contributed by atoms with Crippen LogP contribution in [0.1, 0.15) is 36.7 Å². The third-order valence-electron chi connectivity index (χ3n) is 3.44. The summed E-state index contributed by atoms with van der Waals surface area (Å²) in [5, 5.41) is 0. The fraction of sp³-hybridized carbons (Fsp3) is 0.263. The predicted octanol–water partition coefficient (Wildman–Crippen LogP) is 4.49. The number of carbonyl (C=O) groups excluding carboxylic acids is 2. The van der Waals surface area contributed by atoms with Crippen LogP contribution in [0, 0.1) is 0 Å². The highest BCUT2D eigenvalue weighted by Crippen LogP contribution is 2.30.